The van der Waals surface area contributed by atoms with Gasteiger partial charge in [0.1, 0.15) is 12.4 Å². The molecule has 0 aliphatic heterocycles. The molecule has 1 rings (SSSR count). The van der Waals surface area contributed by atoms with Crippen molar-refractivity contribution >= 4 is 5.91 Å². The Morgan fingerprint density at radius 2 is 1.96 bits per heavy atom. The molecule has 0 fully saturated rings. The van der Waals surface area contributed by atoms with Crippen molar-refractivity contribution in [3.8, 4) is 5.75 Å². The number of hydrogen-bond donors (Lipinski definition) is 2. The first-order valence-electron chi connectivity index (χ1n) is 7.38. The van der Waals surface area contributed by atoms with Crippen LogP contribution in [0.3, 0.4) is 0 Å². The summed E-state index contributed by atoms with van der Waals surface area (Å²) in [4.78, 5) is 12.0. The number of methoxy groups -OCH3 is 1. The Bertz CT molecular complexity index is 532. The normalized spacial score (nSPS) is 13.6. The van der Waals surface area contributed by atoms with E-state index in [-0.39, 0.29) is 24.6 Å². The number of nitrogens with two attached hydrogens (primary N) is 1. The summed E-state index contributed by atoms with van der Waals surface area (Å²) in [5, 5.41) is 2.88. The van der Waals surface area contributed by atoms with Gasteiger partial charge in [-0.1, -0.05) is 0 Å². The number of carbonyl (C=O) groups is 1. The number of nitrogens with one attached hydrogen (secondary N) is 1. The molecule has 5 nitrogen and oxygen atoms in total. The maximum atomic E-state index is 12.9. The third-order valence-electron chi connectivity index (χ3n) is 3.06. The molecule has 0 aromatic heterocycles. The molecule has 0 saturated carbocycles. The molecular formula is C17H25FN2O3. The summed E-state index contributed by atoms with van der Waals surface area (Å²) >= 11 is 0. The topological polar surface area (TPSA) is 73.6 Å². The summed E-state index contributed by atoms with van der Waals surface area (Å²) in [6.07, 6.45) is -0.0662. The summed E-state index contributed by atoms with van der Waals surface area (Å²) in [6.45, 7) is 5.94. The largest absolute Gasteiger partial charge is 0.489 e. The van der Waals surface area contributed by atoms with E-state index >= 15 is 0 Å². The summed E-state index contributed by atoms with van der Waals surface area (Å²) in [5.41, 5.74) is 6.05. The molecule has 1 amide bonds. The Hall–Kier alpha value is -1.92. The highest BCUT2D eigenvalue weighted by molar-refractivity contribution is 5.94. The van der Waals surface area contributed by atoms with Gasteiger partial charge in [-0.15, -0.1) is 0 Å². The van der Waals surface area contributed by atoms with Crippen LogP contribution in [0.1, 0.15) is 31.1 Å². The van der Waals surface area contributed by atoms with E-state index < -0.39 is 6.10 Å². The fourth-order valence-electron chi connectivity index (χ4n) is 1.88. The van der Waals surface area contributed by atoms with Crippen molar-refractivity contribution in [2.45, 2.75) is 32.4 Å². The van der Waals surface area contributed by atoms with Gasteiger partial charge in [-0.3, -0.25) is 4.79 Å². The first kappa shape index (κ1) is 19.1. The lowest BCUT2D eigenvalue weighted by Gasteiger charge is -2.20. The molecule has 0 heterocycles. The molecule has 0 aliphatic carbocycles. The van der Waals surface area contributed by atoms with Gasteiger partial charge in [0.05, 0.1) is 12.4 Å². The minimum absolute atomic E-state index is 0.0275. The van der Waals surface area contributed by atoms with Crippen LogP contribution in [0.5, 0.6) is 5.75 Å². The first-order valence-corrected chi connectivity index (χ1v) is 7.38. The van der Waals surface area contributed by atoms with E-state index in [1.54, 1.807) is 24.3 Å². The number of carbonyl (C=O) groups excluding carboxylic acids is 1. The number of rotatable bonds is 7. The zero-order chi connectivity index (χ0) is 17.5. The zero-order valence-corrected chi connectivity index (χ0v) is 14.1. The molecule has 1 aromatic rings. The lowest BCUT2D eigenvalue weighted by molar-refractivity contribution is 0.0919. The Labute approximate surface area is 136 Å². The third-order valence-corrected chi connectivity index (χ3v) is 3.06. The van der Waals surface area contributed by atoms with Crippen LogP contribution in [0.15, 0.2) is 36.2 Å². The van der Waals surface area contributed by atoms with Gasteiger partial charge in [-0.05, 0) is 45.0 Å². The van der Waals surface area contributed by atoms with E-state index in [0.29, 0.717) is 23.2 Å². The second kappa shape index (κ2) is 8.64. The van der Waals surface area contributed by atoms with Crippen molar-refractivity contribution in [1.29, 1.82) is 0 Å². The van der Waals surface area contributed by atoms with E-state index in [4.69, 9.17) is 15.2 Å². The SMILES string of the molecule is CO[C@@H](CN)/C(=C/F)COc1ccc(C(=O)NC(C)(C)C)cc1. The van der Waals surface area contributed by atoms with Crippen LogP contribution in [-0.2, 0) is 4.74 Å². The number of halogens is 1. The molecular weight excluding hydrogens is 299 g/mol. The third kappa shape index (κ3) is 6.38. The quantitative estimate of drug-likeness (QED) is 0.808. The van der Waals surface area contributed by atoms with E-state index in [1.807, 2.05) is 20.8 Å². The van der Waals surface area contributed by atoms with Gasteiger partial charge in [-0.25, -0.2) is 4.39 Å². The van der Waals surface area contributed by atoms with Crippen molar-refractivity contribution in [2.24, 2.45) is 5.73 Å². The second-order valence-electron chi connectivity index (χ2n) is 6.16. The number of amides is 1. The lowest BCUT2D eigenvalue weighted by Crippen LogP contribution is -2.40. The lowest BCUT2D eigenvalue weighted by atomic mass is 10.1. The van der Waals surface area contributed by atoms with Crippen LogP contribution >= 0.6 is 0 Å². The Morgan fingerprint density at radius 1 is 1.35 bits per heavy atom. The molecule has 23 heavy (non-hydrogen) atoms. The first-order chi connectivity index (χ1) is 10.8. The van der Waals surface area contributed by atoms with Crippen molar-refractivity contribution in [3.05, 3.63) is 41.7 Å². The maximum absolute atomic E-state index is 12.9. The van der Waals surface area contributed by atoms with Crippen LogP contribution in [0.2, 0.25) is 0 Å². The van der Waals surface area contributed by atoms with Gasteiger partial charge >= 0.3 is 0 Å². The summed E-state index contributed by atoms with van der Waals surface area (Å²) < 4.78 is 23.5. The van der Waals surface area contributed by atoms with Crippen LogP contribution in [0.4, 0.5) is 4.39 Å². The number of hydrogen-bond acceptors (Lipinski definition) is 4. The van der Waals surface area contributed by atoms with Gasteiger partial charge in [0.2, 0.25) is 0 Å². The maximum Gasteiger partial charge on any atom is 0.251 e. The van der Waals surface area contributed by atoms with Crippen molar-refractivity contribution in [1.82, 2.24) is 5.32 Å². The standard InChI is InChI=1S/C17H25FN2O3/c1-17(2,3)20-16(21)12-5-7-14(8-6-12)23-11-13(9-18)15(10-19)22-4/h5-9,15H,10-11,19H2,1-4H3,(H,20,21)/b13-9+/t15-/m0/s1. The Morgan fingerprint density at radius 3 is 2.39 bits per heavy atom. The fraction of sp³-hybridized carbons (Fsp3) is 0.471. The molecule has 0 spiro atoms. The van der Waals surface area contributed by atoms with Crippen molar-refractivity contribution in [3.63, 3.8) is 0 Å². The number of benzene rings is 1. The predicted molar refractivity (Wildman–Crippen MR) is 88.2 cm³/mol. The molecule has 6 heteroatoms. The summed E-state index contributed by atoms with van der Waals surface area (Å²) in [6, 6.07) is 6.65. The van der Waals surface area contributed by atoms with E-state index in [2.05, 4.69) is 5.32 Å². The smallest absolute Gasteiger partial charge is 0.251 e. The average Bonchev–Trinajstić information content (AvgIpc) is 2.50. The van der Waals surface area contributed by atoms with Crippen LogP contribution < -0.4 is 15.8 Å². The Kier molecular flexibility index (Phi) is 7.19. The highest BCUT2D eigenvalue weighted by Crippen LogP contribution is 2.15. The predicted octanol–water partition coefficient (Wildman–Crippen LogP) is 2.42. The second-order valence-corrected chi connectivity index (χ2v) is 6.16. The minimum atomic E-state index is -0.517. The van der Waals surface area contributed by atoms with Gasteiger partial charge < -0.3 is 20.5 Å². The van der Waals surface area contributed by atoms with Crippen molar-refractivity contribution in [2.75, 3.05) is 20.3 Å². The van der Waals surface area contributed by atoms with E-state index in [0.717, 1.165) is 0 Å². The molecule has 0 unspecified atom stereocenters. The van der Waals surface area contributed by atoms with Gasteiger partial charge in [0.15, 0.2) is 0 Å². The minimum Gasteiger partial charge on any atom is -0.489 e. The van der Waals surface area contributed by atoms with Crippen molar-refractivity contribution < 1.29 is 18.7 Å². The molecule has 3 N–H and O–H groups in total. The molecule has 0 saturated heterocycles. The fourth-order valence-corrected chi connectivity index (χ4v) is 1.88. The van der Waals surface area contributed by atoms with Gasteiger partial charge in [0, 0.05) is 30.3 Å². The molecule has 0 radical (unpaired) electrons. The molecule has 1 atom stereocenters. The van der Waals surface area contributed by atoms with Gasteiger partial charge in [-0.2, -0.15) is 0 Å². The summed E-state index contributed by atoms with van der Waals surface area (Å²) in [5.74, 6) is 0.375. The molecule has 1 aromatic carbocycles. The van der Waals surface area contributed by atoms with Crippen LogP contribution in [0.25, 0.3) is 0 Å². The van der Waals surface area contributed by atoms with E-state index in [1.165, 1.54) is 7.11 Å². The monoisotopic (exact) mass is 324 g/mol. The highest BCUT2D eigenvalue weighted by atomic mass is 19.1. The summed E-state index contributed by atoms with van der Waals surface area (Å²) in [7, 11) is 1.46. The van der Waals surface area contributed by atoms with Crippen LogP contribution in [-0.4, -0.2) is 37.8 Å². The van der Waals surface area contributed by atoms with Gasteiger partial charge in [0.25, 0.3) is 5.91 Å². The van der Waals surface area contributed by atoms with E-state index in [9.17, 15) is 9.18 Å². The average molecular weight is 324 g/mol. The van der Waals surface area contributed by atoms with Crippen LogP contribution in [0, 0.1) is 0 Å². The molecule has 128 valence electrons. The molecule has 0 aliphatic rings. The number of ether oxygens (including phenoxy) is 2. The highest BCUT2D eigenvalue weighted by Gasteiger charge is 2.16. The molecule has 0 bridgehead atoms. The Balaban J connectivity index is 2.66. The zero-order valence-electron chi connectivity index (χ0n) is 14.1.